The van der Waals surface area contributed by atoms with Crippen LogP contribution in [0.3, 0.4) is 0 Å². The standard InChI is InChI=1S/C20H27N3O5S/c1-13-18(19(24)21-5-6-23-7-9-28-10-8-23)29-20(22-13)14-11-15(25-2)17(27-4)16(12-14)26-3/h11-12H,5-10H2,1-4H3,(H,21,24). The molecule has 1 aromatic carbocycles. The van der Waals surface area contributed by atoms with Crippen LogP contribution < -0.4 is 19.5 Å². The molecule has 0 spiro atoms. The van der Waals surface area contributed by atoms with Gasteiger partial charge in [0.2, 0.25) is 5.75 Å². The first kappa shape index (κ1) is 21.4. The number of methoxy groups -OCH3 is 3. The predicted octanol–water partition coefficient (Wildman–Crippen LogP) is 2.21. The molecule has 0 atom stereocenters. The molecule has 2 heterocycles. The molecule has 1 aliphatic rings. The first-order chi connectivity index (χ1) is 14.1. The van der Waals surface area contributed by atoms with Crippen LogP contribution in [0.1, 0.15) is 15.4 Å². The summed E-state index contributed by atoms with van der Waals surface area (Å²) < 4.78 is 21.5. The van der Waals surface area contributed by atoms with E-state index in [1.54, 1.807) is 21.3 Å². The van der Waals surface area contributed by atoms with E-state index in [1.165, 1.54) is 11.3 Å². The van der Waals surface area contributed by atoms with E-state index < -0.39 is 0 Å². The molecule has 1 aromatic heterocycles. The number of thiazole rings is 1. The molecule has 1 fully saturated rings. The minimum absolute atomic E-state index is 0.105. The number of nitrogens with zero attached hydrogens (tertiary/aromatic N) is 2. The Hall–Kier alpha value is -2.36. The molecule has 2 aromatic rings. The SMILES string of the molecule is COc1cc(-c2nc(C)c(C(=O)NCCN3CCOCC3)s2)cc(OC)c1OC. The second kappa shape index (κ2) is 9.91. The molecule has 9 heteroatoms. The Bertz CT molecular complexity index is 824. The molecule has 0 saturated carbocycles. The summed E-state index contributed by atoms with van der Waals surface area (Å²) in [4.78, 5) is 20.1. The van der Waals surface area contributed by atoms with Crippen molar-refractivity contribution in [2.75, 3.05) is 60.7 Å². The van der Waals surface area contributed by atoms with E-state index in [1.807, 2.05) is 19.1 Å². The number of carbonyl (C=O) groups is 1. The van der Waals surface area contributed by atoms with E-state index in [0.29, 0.717) is 34.4 Å². The average Bonchev–Trinajstić information content (AvgIpc) is 3.15. The maximum atomic E-state index is 12.6. The van der Waals surface area contributed by atoms with Crippen molar-refractivity contribution in [3.05, 3.63) is 22.7 Å². The van der Waals surface area contributed by atoms with Crippen molar-refractivity contribution in [2.45, 2.75) is 6.92 Å². The van der Waals surface area contributed by atoms with Crippen LogP contribution in [-0.4, -0.2) is 76.5 Å². The van der Waals surface area contributed by atoms with Crippen LogP contribution in [0, 0.1) is 6.92 Å². The summed E-state index contributed by atoms with van der Waals surface area (Å²) in [5.74, 6) is 1.51. The van der Waals surface area contributed by atoms with Gasteiger partial charge < -0.3 is 24.3 Å². The number of aromatic nitrogens is 1. The monoisotopic (exact) mass is 421 g/mol. The van der Waals surface area contributed by atoms with Gasteiger partial charge in [-0.15, -0.1) is 11.3 Å². The molecule has 1 amide bonds. The number of hydrogen-bond donors (Lipinski definition) is 1. The number of rotatable bonds is 8. The summed E-state index contributed by atoms with van der Waals surface area (Å²) >= 11 is 1.35. The summed E-state index contributed by atoms with van der Waals surface area (Å²) in [6.07, 6.45) is 0. The van der Waals surface area contributed by atoms with Gasteiger partial charge in [-0.05, 0) is 19.1 Å². The van der Waals surface area contributed by atoms with Crippen molar-refractivity contribution < 1.29 is 23.7 Å². The van der Waals surface area contributed by atoms with E-state index in [0.717, 1.165) is 43.4 Å². The van der Waals surface area contributed by atoms with Crippen LogP contribution in [0.2, 0.25) is 0 Å². The number of amides is 1. The van der Waals surface area contributed by atoms with E-state index in [4.69, 9.17) is 18.9 Å². The van der Waals surface area contributed by atoms with Gasteiger partial charge in [0.1, 0.15) is 9.88 Å². The zero-order valence-corrected chi connectivity index (χ0v) is 18.1. The number of hydrogen-bond acceptors (Lipinski definition) is 8. The quantitative estimate of drug-likeness (QED) is 0.700. The third kappa shape index (κ3) is 4.98. The number of ether oxygens (including phenoxy) is 4. The van der Waals surface area contributed by atoms with Crippen molar-refractivity contribution in [3.8, 4) is 27.8 Å². The lowest BCUT2D eigenvalue weighted by molar-refractivity contribution is 0.0383. The van der Waals surface area contributed by atoms with Gasteiger partial charge in [-0.2, -0.15) is 0 Å². The number of morpholine rings is 1. The molecule has 0 unspecified atom stereocenters. The minimum Gasteiger partial charge on any atom is -0.493 e. The fourth-order valence-corrected chi connectivity index (χ4v) is 4.14. The average molecular weight is 422 g/mol. The highest BCUT2D eigenvalue weighted by molar-refractivity contribution is 7.17. The van der Waals surface area contributed by atoms with Crippen LogP contribution in [0.5, 0.6) is 17.2 Å². The zero-order chi connectivity index (χ0) is 20.8. The number of carbonyl (C=O) groups excluding carboxylic acids is 1. The number of benzene rings is 1. The predicted molar refractivity (Wildman–Crippen MR) is 112 cm³/mol. The maximum Gasteiger partial charge on any atom is 0.263 e. The van der Waals surface area contributed by atoms with E-state index in [-0.39, 0.29) is 5.91 Å². The third-order valence-corrected chi connectivity index (χ3v) is 5.94. The first-order valence-electron chi connectivity index (χ1n) is 9.43. The van der Waals surface area contributed by atoms with Crippen LogP contribution in [-0.2, 0) is 4.74 Å². The zero-order valence-electron chi connectivity index (χ0n) is 17.2. The molecule has 29 heavy (non-hydrogen) atoms. The second-order valence-electron chi connectivity index (χ2n) is 6.56. The normalized spacial score (nSPS) is 14.5. The molecule has 0 bridgehead atoms. The lowest BCUT2D eigenvalue weighted by atomic mass is 10.2. The summed E-state index contributed by atoms with van der Waals surface area (Å²) in [5, 5.41) is 3.72. The van der Waals surface area contributed by atoms with E-state index >= 15 is 0 Å². The van der Waals surface area contributed by atoms with Gasteiger partial charge in [-0.3, -0.25) is 9.69 Å². The van der Waals surface area contributed by atoms with Gasteiger partial charge in [0.25, 0.3) is 5.91 Å². The molecule has 1 saturated heterocycles. The fourth-order valence-electron chi connectivity index (χ4n) is 3.17. The van der Waals surface area contributed by atoms with Crippen LogP contribution >= 0.6 is 11.3 Å². The van der Waals surface area contributed by atoms with Gasteiger partial charge in [0.15, 0.2) is 11.5 Å². The van der Waals surface area contributed by atoms with Crippen molar-refractivity contribution in [1.29, 1.82) is 0 Å². The Morgan fingerprint density at radius 2 is 1.83 bits per heavy atom. The van der Waals surface area contributed by atoms with Crippen LogP contribution in [0.25, 0.3) is 10.6 Å². The highest BCUT2D eigenvalue weighted by atomic mass is 32.1. The topological polar surface area (TPSA) is 82.2 Å². The molecule has 3 rings (SSSR count). The van der Waals surface area contributed by atoms with Crippen molar-refractivity contribution in [1.82, 2.24) is 15.2 Å². The molecule has 8 nitrogen and oxygen atoms in total. The van der Waals surface area contributed by atoms with Crippen LogP contribution in [0.15, 0.2) is 12.1 Å². The summed E-state index contributed by atoms with van der Waals surface area (Å²) in [5.41, 5.74) is 1.50. The Morgan fingerprint density at radius 1 is 1.17 bits per heavy atom. The summed E-state index contributed by atoms with van der Waals surface area (Å²) in [6, 6.07) is 3.67. The maximum absolute atomic E-state index is 12.6. The third-order valence-electron chi connectivity index (χ3n) is 4.73. The Kier molecular flexibility index (Phi) is 7.29. The first-order valence-corrected chi connectivity index (χ1v) is 10.2. The smallest absolute Gasteiger partial charge is 0.263 e. The molecule has 1 aliphatic heterocycles. The second-order valence-corrected chi connectivity index (χ2v) is 7.56. The van der Waals surface area contributed by atoms with Gasteiger partial charge in [0.05, 0.1) is 40.2 Å². The Labute approximate surface area is 174 Å². The fraction of sp³-hybridized carbons (Fsp3) is 0.500. The highest BCUT2D eigenvalue weighted by Crippen LogP contribution is 2.42. The lowest BCUT2D eigenvalue weighted by Gasteiger charge is -2.26. The van der Waals surface area contributed by atoms with Gasteiger partial charge in [-0.1, -0.05) is 0 Å². The molecule has 0 aliphatic carbocycles. The van der Waals surface area contributed by atoms with Crippen molar-refractivity contribution in [3.63, 3.8) is 0 Å². The Balaban J connectivity index is 1.73. The van der Waals surface area contributed by atoms with Gasteiger partial charge in [0, 0.05) is 31.7 Å². The van der Waals surface area contributed by atoms with Crippen molar-refractivity contribution in [2.24, 2.45) is 0 Å². The van der Waals surface area contributed by atoms with E-state index in [9.17, 15) is 4.79 Å². The van der Waals surface area contributed by atoms with E-state index in [2.05, 4.69) is 15.2 Å². The molecule has 158 valence electrons. The summed E-state index contributed by atoms with van der Waals surface area (Å²) in [6.45, 7) is 6.55. The van der Waals surface area contributed by atoms with Crippen LogP contribution in [0.4, 0.5) is 0 Å². The Morgan fingerprint density at radius 3 is 2.41 bits per heavy atom. The highest BCUT2D eigenvalue weighted by Gasteiger charge is 2.20. The van der Waals surface area contributed by atoms with Gasteiger partial charge in [-0.25, -0.2) is 4.98 Å². The molecule has 0 radical (unpaired) electrons. The van der Waals surface area contributed by atoms with Gasteiger partial charge >= 0.3 is 0 Å². The largest absolute Gasteiger partial charge is 0.493 e. The molecule has 1 N–H and O–H groups in total. The summed E-state index contributed by atoms with van der Waals surface area (Å²) in [7, 11) is 4.70. The molecular weight excluding hydrogens is 394 g/mol. The lowest BCUT2D eigenvalue weighted by Crippen LogP contribution is -2.41. The molecular formula is C20H27N3O5S. The van der Waals surface area contributed by atoms with Crippen molar-refractivity contribution >= 4 is 17.2 Å². The number of aryl methyl sites for hydroxylation is 1. The number of nitrogens with one attached hydrogen (secondary N) is 1. The minimum atomic E-state index is -0.105.